The van der Waals surface area contributed by atoms with Crippen LogP contribution in [0.25, 0.3) is 0 Å². The highest BCUT2D eigenvalue weighted by molar-refractivity contribution is 5.63. The number of aliphatic hydroxyl groups excluding tert-OH is 2. The van der Waals surface area contributed by atoms with Gasteiger partial charge in [-0.2, -0.15) is 0 Å². The van der Waals surface area contributed by atoms with Crippen molar-refractivity contribution in [2.75, 3.05) is 293 Å². The molecule has 568 valence electrons. The van der Waals surface area contributed by atoms with E-state index in [4.69, 9.17) is 95.5 Å². The first-order valence-electron chi connectivity index (χ1n) is 35.9. The minimum atomic E-state index is -0.504. The number of hydrogen-bond acceptors (Lipinski definition) is 23. The van der Waals surface area contributed by atoms with Crippen LogP contribution in [-0.2, 0) is 104 Å². The van der Waals surface area contributed by atoms with Crippen LogP contribution in [0.2, 0.25) is 0 Å². The Morgan fingerprint density at radius 2 is 0.505 bits per heavy atom. The van der Waals surface area contributed by atoms with Crippen molar-refractivity contribution < 1.29 is 95.5 Å². The number of anilines is 3. The van der Waals surface area contributed by atoms with Gasteiger partial charge in [0, 0.05) is 62.8 Å². The molecular weight excluding hydrogens is 1300 g/mol. The van der Waals surface area contributed by atoms with Crippen molar-refractivity contribution >= 4 is 17.1 Å². The predicted molar refractivity (Wildman–Crippen MR) is 393 cm³/mol. The quantitative estimate of drug-likeness (QED) is 0.0278. The third kappa shape index (κ3) is 38.9. The molecule has 0 bridgehead atoms. The summed E-state index contributed by atoms with van der Waals surface area (Å²) in [5.74, 6) is 0. The maximum absolute atomic E-state index is 8.69. The van der Waals surface area contributed by atoms with Gasteiger partial charge in [-0.15, -0.1) is 0 Å². The fourth-order valence-electron chi connectivity index (χ4n) is 10.8. The summed E-state index contributed by atoms with van der Waals surface area (Å²) in [4.78, 5) is 6.95. The van der Waals surface area contributed by atoms with E-state index in [1.54, 1.807) is 0 Å². The summed E-state index contributed by atoms with van der Waals surface area (Å²) < 4.78 is 101. The number of benzene rings is 5. The Kier molecular flexibility index (Phi) is 49.6. The molecule has 0 radical (unpaired) electrons. The van der Waals surface area contributed by atoms with Crippen LogP contribution in [0.3, 0.4) is 0 Å². The van der Waals surface area contributed by atoms with Crippen molar-refractivity contribution in [3.63, 3.8) is 0 Å². The lowest BCUT2D eigenvalue weighted by Crippen LogP contribution is -2.30. The Morgan fingerprint density at radius 1 is 0.277 bits per heavy atom. The van der Waals surface area contributed by atoms with Crippen LogP contribution in [-0.4, -0.2) is 288 Å². The molecule has 0 aliphatic carbocycles. The molecule has 0 amide bonds. The molecular formula is C78H121N3O20. The summed E-state index contributed by atoms with van der Waals surface area (Å²) in [5, 5.41) is 17.4. The summed E-state index contributed by atoms with van der Waals surface area (Å²) in [6.45, 7) is 26.8. The van der Waals surface area contributed by atoms with Gasteiger partial charge in [0.05, 0.1) is 251 Å². The average Bonchev–Trinajstić information content (AvgIpc) is 0.746. The second-order valence-corrected chi connectivity index (χ2v) is 23.8. The van der Waals surface area contributed by atoms with Crippen LogP contribution in [0.5, 0.6) is 0 Å². The number of hydrogen-bond donors (Lipinski definition) is 2. The maximum atomic E-state index is 8.69. The highest BCUT2D eigenvalue weighted by atomic mass is 16.6. The van der Waals surface area contributed by atoms with E-state index in [1.165, 1.54) is 38.9 Å². The molecule has 23 heteroatoms. The molecule has 2 N–H and O–H groups in total. The van der Waals surface area contributed by atoms with Gasteiger partial charge >= 0.3 is 0 Å². The van der Waals surface area contributed by atoms with Gasteiger partial charge in [0.15, 0.2) is 0 Å². The van der Waals surface area contributed by atoms with E-state index >= 15 is 0 Å². The molecule has 0 fully saturated rings. The molecule has 0 saturated carbocycles. The Bertz CT molecular complexity index is 2570. The summed E-state index contributed by atoms with van der Waals surface area (Å²) in [6, 6.07) is 44.1. The van der Waals surface area contributed by atoms with E-state index < -0.39 is 5.41 Å². The highest BCUT2D eigenvalue weighted by Gasteiger charge is 2.35. The number of rotatable bonds is 68. The second kappa shape index (κ2) is 58.0. The van der Waals surface area contributed by atoms with Gasteiger partial charge in [-0.1, -0.05) is 84.9 Å². The van der Waals surface area contributed by atoms with Gasteiger partial charge in [-0.05, 0) is 96.1 Å². The first-order valence-corrected chi connectivity index (χ1v) is 35.9. The van der Waals surface area contributed by atoms with E-state index in [0.29, 0.717) is 251 Å². The van der Waals surface area contributed by atoms with E-state index in [1.807, 2.05) is 0 Å². The van der Waals surface area contributed by atoms with E-state index in [9.17, 15) is 0 Å². The van der Waals surface area contributed by atoms with E-state index in [0.717, 1.165) is 30.2 Å². The molecule has 5 rings (SSSR count). The molecule has 101 heavy (non-hydrogen) atoms. The van der Waals surface area contributed by atoms with Gasteiger partial charge in [0.1, 0.15) is 0 Å². The van der Waals surface area contributed by atoms with Gasteiger partial charge in [0.2, 0.25) is 0 Å². The van der Waals surface area contributed by atoms with Crippen molar-refractivity contribution in [2.24, 2.45) is 0 Å². The Morgan fingerprint density at radius 3 is 0.733 bits per heavy atom. The SMILES string of the molecule is Cc1cc(N(CCOCCOCCOCCOCCOCCOCCOCCOCCOCCO)Cc2ccccc2)ccc1C(C)(c1ccc(N(C)C)cc1)c1ccc(N(CCOCCOCCOCCOCCOCCOCCOCCOCCOCCO)Cc2ccccc2)cc1C. The third-order valence-electron chi connectivity index (χ3n) is 16.1. The number of nitrogens with zero attached hydrogens (tertiary/aromatic N) is 3. The lowest BCUT2D eigenvalue weighted by atomic mass is 9.68. The summed E-state index contributed by atoms with van der Waals surface area (Å²) in [5.41, 5.74) is 11.5. The Hall–Kier alpha value is -5.30. The first kappa shape index (κ1) is 86.3. The largest absolute Gasteiger partial charge is 0.394 e. The molecule has 5 aromatic rings. The fourth-order valence-corrected chi connectivity index (χ4v) is 10.8. The van der Waals surface area contributed by atoms with E-state index in [-0.39, 0.29) is 13.2 Å². The maximum Gasteiger partial charge on any atom is 0.0701 e. The number of aliphatic hydroxyl groups is 2. The van der Waals surface area contributed by atoms with Crippen molar-refractivity contribution in [3.05, 3.63) is 160 Å². The monoisotopic (exact) mass is 1420 g/mol. The van der Waals surface area contributed by atoms with Crippen molar-refractivity contribution in [3.8, 4) is 0 Å². The zero-order chi connectivity index (χ0) is 71.6. The normalized spacial score (nSPS) is 11.7. The first-order chi connectivity index (χ1) is 49.7. The highest BCUT2D eigenvalue weighted by Crippen LogP contribution is 2.44. The minimum Gasteiger partial charge on any atom is -0.394 e. The molecule has 23 nitrogen and oxygen atoms in total. The van der Waals surface area contributed by atoms with Crippen LogP contribution < -0.4 is 14.7 Å². The van der Waals surface area contributed by atoms with Gasteiger partial charge in [-0.25, -0.2) is 0 Å². The average molecular weight is 1420 g/mol. The fraction of sp³-hybridized carbons (Fsp3) is 0.615. The van der Waals surface area contributed by atoms with Crippen LogP contribution in [0.4, 0.5) is 17.1 Å². The van der Waals surface area contributed by atoms with Gasteiger partial charge in [0.25, 0.3) is 0 Å². The predicted octanol–water partition coefficient (Wildman–Crippen LogP) is 8.02. The third-order valence-corrected chi connectivity index (χ3v) is 16.1. The molecule has 0 aliphatic heterocycles. The van der Waals surface area contributed by atoms with Crippen LogP contribution in [0.1, 0.15) is 45.9 Å². The Labute approximate surface area is 602 Å². The molecule has 5 aromatic carbocycles. The van der Waals surface area contributed by atoms with Crippen molar-refractivity contribution in [1.82, 2.24) is 0 Å². The standard InChI is InChI=1S/C78H121N3O20/c1-68-64-74(80(66-70-12-8-6-9-13-70)24-28-84-32-36-88-40-44-92-48-52-96-56-60-100-62-58-98-54-50-94-46-42-90-38-34-86-30-26-82)20-22-76(68)78(3,72-16-18-73(19-17-72)79(4)5)77-23-21-75(65-69(77)2)81(67-71-14-10-7-11-15-71)25-29-85-33-37-89-41-45-93-49-53-97-57-61-101-63-59-99-55-51-95-47-43-91-39-35-87-31-27-83/h6-23,64-65,82-83H,24-63,66-67H2,1-5H3. The molecule has 0 heterocycles. The lowest BCUT2D eigenvalue weighted by molar-refractivity contribution is -0.0254. The lowest BCUT2D eigenvalue weighted by Gasteiger charge is -2.36. The smallest absolute Gasteiger partial charge is 0.0701 e. The second-order valence-electron chi connectivity index (χ2n) is 23.8. The van der Waals surface area contributed by atoms with Crippen LogP contribution in [0, 0.1) is 13.8 Å². The molecule has 0 aromatic heterocycles. The number of ether oxygens (including phenoxy) is 18. The van der Waals surface area contributed by atoms with Crippen LogP contribution >= 0.6 is 0 Å². The Balaban J connectivity index is 1.02. The topological polar surface area (TPSA) is 216 Å². The summed E-state index contributed by atoms with van der Waals surface area (Å²) >= 11 is 0. The van der Waals surface area contributed by atoms with Gasteiger partial charge in [-0.3, -0.25) is 0 Å². The zero-order valence-electron chi connectivity index (χ0n) is 61.3. The summed E-state index contributed by atoms with van der Waals surface area (Å²) in [6.07, 6.45) is 0. The molecule has 0 aliphatic rings. The number of aryl methyl sites for hydroxylation is 2. The molecule has 0 atom stereocenters. The minimum absolute atomic E-state index is 0.0141. The van der Waals surface area contributed by atoms with Crippen molar-refractivity contribution in [2.45, 2.75) is 39.3 Å². The molecule has 0 saturated heterocycles. The van der Waals surface area contributed by atoms with Gasteiger partial charge < -0.3 is 110 Å². The molecule has 0 spiro atoms. The summed E-state index contributed by atoms with van der Waals surface area (Å²) in [7, 11) is 4.16. The zero-order valence-corrected chi connectivity index (χ0v) is 61.3. The molecule has 0 unspecified atom stereocenters. The van der Waals surface area contributed by atoms with Crippen LogP contribution in [0.15, 0.2) is 121 Å². The van der Waals surface area contributed by atoms with Crippen molar-refractivity contribution in [1.29, 1.82) is 0 Å². The van der Waals surface area contributed by atoms with E-state index in [2.05, 4.69) is 171 Å².